The third-order valence-electron chi connectivity index (χ3n) is 7.85. The molecule has 0 aliphatic heterocycles. The van der Waals surface area contributed by atoms with Gasteiger partial charge in [-0.2, -0.15) is 23.8 Å². The molecule has 7 rings (SSSR count). The Morgan fingerprint density at radius 1 is 0.828 bits per heavy atom. The number of aromatic hydroxyl groups is 1. The standard InChI is InChI=1S/C27H27O.Y/c1-17-2-3-22-12-23(5-4-21(22)8-17)24-6-7-26(28)25(13-24)27-14-18-9-19(15-27)11-20(10-18)16-27;/h3-8,12-13,18-20,28H,9-11,14-16H2,1H3;/q-1;. The molecule has 4 bridgehead atoms. The number of hydrogen-bond acceptors (Lipinski definition) is 1. The van der Waals surface area contributed by atoms with E-state index in [0.29, 0.717) is 5.75 Å². The van der Waals surface area contributed by atoms with Crippen molar-refractivity contribution in [3.05, 3.63) is 65.7 Å². The number of benzene rings is 3. The van der Waals surface area contributed by atoms with Gasteiger partial charge in [0.15, 0.2) is 0 Å². The molecule has 1 N–H and O–H groups in total. The summed E-state index contributed by atoms with van der Waals surface area (Å²) in [6.45, 7) is 2.09. The van der Waals surface area contributed by atoms with Gasteiger partial charge in [-0.1, -0.05) is 25.1 Å². The fraction of sp³-hybridized carbons (Fsp3) is 0.407. The molecule has 4 saturated carbocycles. The fourth-order valence-electron chi connectivity index (χ4n) is 7.06. The third kappa shape index (κ3) is 3.30. The molecule has 0 saturated heterocycles. The van der Waals surface area contributed by atoms with Crippen LogP contribution in [0, 0.1) is 30.7 Å². The number of hydrogen-bond donors (Lipinski definition) is 1. The largest absolute Gasteiger partial charge is 0.508 e. The van der Waals surface area contributed by atoms with E-state index in [9.17, 15) is 5.11 Å². The Kier molecular flexibility index (Phi) is 4.91. The van der Waals surface area contributed by atoms with Crippen molar-refractivity contribution in [2.75, 3.05) is 0 Å². The number of fused-ring (bicyclic) bond motifs is 1. The predicted molar refractivity (Wildman–Crippen MR) is 114 cm³/mol. The van der Waals surface area contributed by atoms with E-state index in [4.69, 9.17) is 0 Å². The van der Waals surface area contributed by atoms with Crippen LogP contribution in [0.15, 0.2) is 48.5 Å². The molecule has 0 aromatic heterocycles. The minimum Gasteiger partial charge on any atom is -0.508 e. The first-order valence-electron chi connectivity index (χ1n) is 10.8. The van der Waals surface area contributed by atoms with Crippen molar-refractivity contribution >= 4 is 10.8 Å². The van der Waals surface area contributed by atoms with E-state index in [2.05, 4.69) is 55.5 Å². The first kappa shape index (κ1) is 19.8. The van der Waals surface area contributed by atoms with Crippen LogP contribution in [0.1, 0.15) is 49.7 Å². The summed E-state index contributed by atoms with van der Waals surface area (Å²) in [4.78, 5) is 0. The summed E-state index contributed by atoms with van der Waals surface area (Å²) in [6.07, 6.45) is 8.13. The molecule has 1 radical (unpaired) electrons. The molecule has 1 nitrogen and oxygen atoms in total. The smallest absolute Gasteiger partial charge is 0.119 e. The molecule has 3 aromatic carbocycles. The van der Waals surface area contributed by atoms with Crippen LogP contribution < -0.4 is 0 Å². The van der Waals surface area contributed by atoms with Gasteiger partial charge >= 0.3 is 0 Å². The first-order valence-corrected chi connectivity index (χ1v) is 10.8. The van der Waals surface area contributed by atoms with Crippen LogP contribution in [0.4, 0.5) is 0 Å². The minimum absolute atomic E-state index is 0. The maximum atomic E-state index is 10.8. The maximum absolute atomic E-state index is 10.8. The first-order chi connectivity index (χ1) is 13.6. The number of phenols is 1. The zero-order valence-electron chi connectivity index (χ0n) is 17.1. The van der Waals surface area contributed by atoms with Crippen LogP contribution in [-0.4, -0.2) is 5.11 Å². The Labute approximate surface area is 198 Å². The van der Waals surface area contributed by atoms with Gasteiger partial charge in [-0.3, -0.25) is 0 Å². The van der Waals surface area contributed by atoms with E-state index in [0.717, 1.165) is 17.8 Å². The molecule has 0 amide bonds. The predicted octanol–water partition coefficient (Wildman–Crippen LogP) is 6.79. The number of rotatable bonds is 2. The van der Waals surface area contributed by atoms with Crippen molar-refractivity contribution in [3.63, 3.8) is 0 Å². The van der Waals surface area contributed by atoms with E-state index >= 15 is 0 Å². The summed E-state index contributed by atoms with van der Waals surface area (Å²) < 4.78 is 0. The Morgan fingerprint density at radius 2 is 1.45 bits per heavy atom. The van der Waals surface area contributed by atoms with Gasteiger partial charge in [0.05, 0.1) is 0 Å². The van der Waals surface area contributed by atoms with E-state index in [1.165, 1.54) is 71.6 Å². The van der Waals surface area contributed by atoms with Gasteiger partial charge in [-0.25, -0.2) is 0 Å². The molecule has 4 aliphatic rings. The molecule has 0 heterocycles. The third-order valence-corrected chi connectivity index (χ3v) is 7.85. The van der Waals surface area contributed by atoms with Crippen molar-refractivity contribution in [2.24, 2.45) is 17.8 Å². The molecule has 29 heavy (non-hydrogen) atoms. The number of aryl methyl sites for hydroxylation is 1. The second-order valence-electron chi connectivity index (χ2n) is 9.89. The van der Waals surface area contributed by atoms with E-state index in [1.54, 1.807) is 0 Å². The normalized spacial score (nSPS) is 29.8. The van der Waals surface area contributed by atoms with Crippen LogP contribution in [0.3, 0.4) is 0 Å². The van der Waals surface area contributed by atoms with Gasteiger partial charge in [0, 0.05) is 38.3 Å². The van der Waals surface area contributed by atoms with Crippen LogP contribution >= 0.6 is 0 Å². The zero-order valence-corrected chi connectivity index (χ0v) is 20.0. The Hall–Kier alpha value is -1.18. The summed E-state index contributed by atoms with van der Waals surface area (Å²) in [5.74, 6) is 3.16. The maximum Gasteiger partial charge on any atom is 0.119 e. The molecule has 4 aliphatic carbocycles. The molecular formula is C27H27OY-. The molecule has 145 valence electrons. The second-order valence-corrected chi connectivity index (χ2v) is 9.89. The van der Waals surface area contributed by atoms with Crippen LogP contribution in [0.5, 0.6) is 5.75 Å². The van der Waals surface area contributed by atoms with Gasteiger partial charge in [-0.05, 0) is 85.0 Å². The zero-order chi connectivity index (χ0) is 18.9. The molecule has 3 aromatic rings. The van der Waals surface area contributed by atoms with Crippen LogP contribution in [-0.2, 0) is 38.1 Å². The van der Waals surface area contributed by atoms with Crippen molar-refractivity contribution in [2.45, 2.75) is 50.9 Å². The average Bonchev–Trinajstić information content (AvgIpc) is 2.67. The van der Waals surface area contributed by atoms with Crippen molar-refractivity contribution in [1.82, 2.24) is 0 Å². The second kappa shape index (κ2) is 7.21. The van der Waals surface area contributed by atoms with E-state index < -0.39 is 0 Å². The summed E-state index contributed by atoms with van der Waals surface area (Å²) in [6, 6.07) is 20.6. The fourth-order valence-corrected chi connectivity index (χ4v) is 7.06. The van der Waals surface area contributed by atoms with Gasteiger partial charge in [-0.15, -0.1) is 16.8 Å². The van der Waals surface area contributed by atoms with Gasteiger partial charge in [0.2, 0.25) is 0 Å². The molecule has 0 unspecified atom stereocenters. The van der Waals surface area contributed by atoms with Crippen LogP contribution in [0.2, 0.25) is 0 Å². The molecule has 0 spiro atoms. The van der Waals surface area contributed by atoms with Crippen molar-refractivity contribution in [1.29, 1.82) is 0 Å². The van der Waals surface area contributed by atoms with E-state index in [1.807, 2.05) is 6.07 Å². The summed E-state index contributed by atoms with van der Waals surface area (Å²) in [7, 11) is 0. The number of phenolic OH excluding ortho intramolecular Hbond substituents is 1. The monoisotopic (exact) mass is 456 g/mol. The molecular weight excluding hydrogens is 429 g/mol. The average molecular weight is 456 g/mol. The summed E-state index contributed by atoms with van der Waals surface area (Å²) >= 11 is 0. The van der Waals surface area contributed by atoms with Gasteiger partial charge < -0.3 is 5.11 Å². The van der Waals surface area contributed by atoms with E-state index in [-0.39, 0.29) is 38.1 Å². The SMILES string of the molecule is Cc1[c-]cc2cc(-c3ccc(O)c(C45CC6CC(CC(C6)C4)C5)c3)ccc2c1.[Y]. The molecule has 0 atom stereocenters. The molecule has 4 fully saturated rings. The summed E-state index contributed by atoms with van der Waals surface area (Å²) in [5.41, 5.74) is 5.08. The van der Waals surface area contributed by atoms with Crippen molar-refractivity contribution < 1.29 is 37.8 Å². The Balaban J connectivity index is 0.00000181. The van der Waals surface area contributed by atoms with Crippen molar-refractivity contribution in [3.8, 4) is 16.9 Å². The van der Waals surface area contributed by atoms with Gasteiger partial charge in [0.1, 0.15) is 5.75 Å². The Morgan fingerprint density at radius 3 is 2.14 bits per heavy atom. The minimum atomic E-state index is 0. The molecule has 2 heteroatoms. The quantitative estimate of drug-likeness (QED) is 0.421. The van der Waals surface area contributed by atoms with Crippen LogP contribution in [0.25, 0.3) is 21.9 Å². The topological polar surface area (TPSA) is 20.2 Å². The van der Waals surface area contributed by atoms with Gasteiger partial charge in [0.25, 0.3) is 0 Å². The Bertz CT molecular complexity index is 1050. The summed E-state index contributed by atoms with van der Waals surface area (Å²) in [5, 5.41) is 13.3.